The van der Waals surface area contributed by atoms with Gasteiger partial charge in [-0.25, -0.2) is 0 Å². The Kier molecular flexibility index (Phi) is 4.67. The Morgan fingerprint density at radius 2 is 2.00 bits per heavy atom. The van der Waals surface area contributed by atoms with Crippen molar-refractivity contribution in [2.75, 3.05) is 32.1 Å². The molecular formula is C20H23N5O. The Morgan fingerprint density at radius 3 is 2.73 bits per heavy atom. The Bertz CT molecular complexity index is 844. The summed E-state index contributed by atoms with van der Waals surface area (Å²) in [5.74, 6) is 1.63. The third-order valence-electron chi connectivity index (χ3n) is 4.82. The highest BCUT2D eigenvalue weighted by atomic mass is 16.4. The van der Waals surface area contributed by atoms with Crippen molar-refractivity contribution in [3.05, 3.63) is 60.2 Å². The maximum absolute atomic E-state index is 5.98. The first-order chi connectivity index (χ1) is 12.7. The fourth-order valence-electron chi connectivity index (χ4n) is 3.35. The van der Waals surface area contributed by atoms with Crippen molar-refractivity contribution in [1.82, 2.24) is 20.1 Å². The fraction of sp³-hybridized carbons (Fsp3) is 0.350. The molecule has 1 atom stereocenters. The maximum Gasteiger partial charge on any atom is 0.247 e. The molecule has 4 rings (SSSR count). The van der Waals surface area contributed by atoms with E-state index in [1.54, 1.807) is 6.20 Å². The molecule has 3 aromatic rings. The predicted octanol–water partition coefficient (Wildman–Crippen LogP) is 3.19. The van der Waals surface area contributed by atoms with Crippen molar-refractivity contribution < 1.29 is 4.42 Å². The van der Waals surface area contributed by atoms with Gasteiger partial charge in [0.2, 0.25) is 11.8 Å². The van der Waals surface area contributed by atoms with Gasteiger partial charge in [-0.05, 0) is 48.9 Å². The van der Waals surface area contributed by atoms with E-state index in [0.717, 1.165) is 43.2 Å². The second-order valence-electron chi connectivity index (χ2n) is 6.97. The molecule has 6 nitrogen and oxygen atoms in total. The molecule has 3 heterocycles. The van der Waals surface area contributed by atoms with E-state index in [1.807, 2.05) is 38.5 Å². The number of hydrogen-bond acceptors (Lipinski definition) is 6. The van der Waals surface area contributed by atoms with E-state index in [0.29, 0.717) is 11.8 Å². The number of benzene rings is 1. The highest BCUT2D eigenvalue weighted by Gasteiger charge is 2.28. The van der Waals surface area contributed by atoms with Crippen molar-refractivity contribution >= 4 is 5.69 Å². The molecule has 6 heteroatoms. The minimum absolute atomic E-state index is 0.300. The summed E-state index contributed by atoms with van der Waals surface area (Å²) < 4.78 is 5.98. The molecule has 0 N–H and O–H groups in total. The maximum atomic E-state index is 5.98. The van der Waals surface area contributed by atoms with E-state index in [9.17, 15) is 0 Å². The highest BCUT2D eigenvalue weighted by molar-refractivity contribution is 5.58. The van der Waals surface area contributed by atoms with E-state index >= 15 is 0 Å². The zero-order chi connectivity index (χ0) is 17.9. The molecule has 0 radical (unpaired) electrons. The first-order valence-corrected chi connectivity index (χ1v) is 8.91. The van der Waals surface area contributed by atoms with Crippen molar-refractivity contribution in [3.8, 4) is 11.5 Å². The van der Waals surface area contributed by atoms with Crippen LogP contribution in [0.1, 0.15) is 23.8 Å². The SMILES string of the molecule is CN(C)c1ccc(-c2nnc([C@H]3CCN(Cc4cccnc4)C3)o2)cc1. The third kappa shape index (κ3) is 3.60. The molecule has 0 amide bonds. The summed E-state index contributed by atoms with van der Waals surface area (Å²) in [6.45, 7) is 2.89. The average Bonchev–Trinajstić information content (AvgIpc) is 3.32. The fourth-order valence-corrected chi connectivity index (χ4v) is 3.35. The van der Waals surface area contributed by atoms with Gasteiger partial charge >= 0.3 is 0 Å². The zero-order valence-corrected chi connectivity index (χ0v) is 15.2. The molecule has 26 heavy (non-hydrogen) atoms. The van der Waals surface area contributed by atoms with Gasteiger partial charge in [0.1, 0.15) is 0 Å². The lowest BCUT2D eigenvalue weighted by atomic mass is 10.1. The van der Waals surface area contributed by atoms with Gasteiger partial charge in [0.05, 0.1) is 5.92 Å². The largest absolute Gasteiger partial charge is 0.420 e. The summed E-state index contributed by atoms with van der Waals surface area (Å²) >= 11 is 0. The summed E-state index contributed by atoms with van der Waals surface area (Å²) in [6.07, 6.45) is 4.78. The van der Waals surface area contributed by atoms with Crippen LogP contribution >= 0.6 is 0 Å². The van der Waals surface area contributed by atoms with Crippen LogP contribution in [-0.4, -0.2) is 47.3 Å². The van der Waals surface area contributed by atoms with Crippen LogP contribution in [-0.2, 0) is 6.54 Å². The Hall–Kier alpha value is -2.73. The molecule has 0 bridgehead atoms. The number of likely N-dealkylation sites (tertiary alicyclic amines) is 1. The van der Waals surface area contributed by atoms with Gasteiger partial charge in [-0.15, -0.1) is 10.2 Å². The van der Waals surface area contributed by atoms with Gasteiger partial charge in [0, 0.05) is 50.8 Å². The second kappa shape index (κ2) is 7.25. The van der Waals surface area contributed by atoms with Gasteiger partial charge in [-0.2, -0.15) is 0 Å². The molecular weight excluding hydrogens is 326 g/mol. The summed E-state index contributed by atoms with van der Waals surface area (Å²) in [4.78, 5) is 8.67. The first kappa shape index (κ1) is 16.7. The van der Waals surface area contributed by atoms with Crippen LogP contribution < -0.4 is 4.90 Å². The first-order valence-electron chi connectivity index (χ1n) is 8.91. The van der Waals surface area contributed by atoms with Gasteiger partial charge in [-0.1, -0.05) is 6.07 Å². The molecule has 0 saturated carbocycles. The van der Waals surface area contributed by atoms with E-state index < -0.39 is 0 Å². The highest BCUT2D eigenvalue weighted by Crippen LogP contribution is 2.29. The molecule has 1 aliphatic rings. The van der Waals surface area contributed by atoms with Crippen LogP contribution in [0, 0.1) is 0 Å². The van der Waals surface area contributed by atoms with Crippen LogP contribution in [0.4, 0.5) is 5.69 Å². The van der Waals surface area contributed by atoms with Crippen LogP contribution in [0.25, 0.3) is 11.5 Å². The monoisotopic (exact) mass is 349 g/mol. The van der Waals surface area contributed by atoms with E-state index in [2.05, 4.69) is 43.2 Å². The van der Waals surface area contributed by atoms with Gasteiger partial charge < -0.3 is 9.32 Å². The molecule has 0 spiro atoms. The Balaban J connectivity index is 1.42. The van der Waals surface area contributed by atoms with E-state index in [1.165, 1.54) is 5.56 Å². The van der Waals surface area contributed by atoms with Crippen molar-refractivity contribution in [1.29, 1.82) is 0 Å². The van der Waals surface area contributed by atoms with Crippen LogP contribution in [0.2, 0.25) is 0 Å². The number of aromatic nitrogens is 3. The standard InChI is InChI=1S/C20H23N5O/c1-24(2)18-7-5-16(6-8-18)19-22-23-20(26-19)17-9-11-25(14-17)13-15-4-3-10-21-12-15/h3-8,10,12,17H,9,11,13-14H2,1-2H3/t17-/m0/s1. The summed E-state index contributed by atoms with van der Waals surface area (Å²) in [5, 5.41) is 8.56. The minimum atomic E-state index is 0.300. The van der Waals surface area contributed by atoms with Crippen LogP contribution in [0.5, 0.6) is 0 Å². The molecule has 134 valence electrons. The number of nitrogens with zero attached hydrogens (tertiary/aromatic N) is 5. The number of anilines is 1. The molecule has 1 aliphatic heterocycles. The van der Waals surface area contributed by atoms with Crippen molar-refractivity contribution in [3.63, 3.8) is 0 Å². The lowest BCUT2D eigenvalue weighted by Gasteiger charge is -2.14. The molecule has 0 aliphatic carbocycles. The second-order valence-corrected chi connectivity index (χ2v) is 6.97. The third-order valence-corrected chi connectivity index (χ3v) is 4.82. The van der Waals surface area contributed by atoms with Crippen molar-refractivity contribution in [2.45, 2.75) is 18.9 Å². The van der Waals surface area contributed by atoms with Crippen LogP contribution in [0.15, 0.2) is 53.2 Å². The van der Waals surface area contributed by atoms with Gasteiger partial charge in [-0.3, -0.25) is 9.88 Å². The number of pyridine rings is 1. The van der Waals surface area contributed by atoms with Crippen molar-refractivity contribution in [2.24, 2.45) is 0 Å². The summed E-state index contributed by atoms with van der Waals surface area (Å²) in [5.41, 5.74) is 3.34. The Morgan fingerprint density at radius 1 is 1.15 bits per heavy atom. The lowest BCUT2D eigenvalue weighted by Crippen LogP contribution is -2.19. The minimum Gasteiger partial charge on any atom is -0.420 e. The topological polar surface area (TPSA) is 58.3 Å². The average molecular weight is 349 g/mol. The van der Waals surface area contributed by atoms with Gasteiger partial charge in [0.15, 0.2) is 0 Å². The predicted molar refractivity (Wildman–Crippen MR) is 101 cm³/mol. The zero-order valence-electron chi connectivity index (χ0n) is 15.2. The molecule has 0 unspecified atom stereocenters. The summed E-state index contributed by atoms with van der Waals surface area (Å²) in [6, 6.07) is 12.3. The smallest absolute Gasteiger partial charge is 0.247 e. The van der Waals surface area contributed by atoms with Gasteiger partial charge in [0.25, 0.3) is 0 Å². The molecule has 1 fully saturated rings. The normalized spacial score (nSPS) is 17.5. The molecule has 2 aromatic heterocycles. The lowest BCUT2D eigenvalue weighted by molar-refractivity contribution is 0.320. The van der Waals surface area contributed by atoms with E-state index in [4.69, 9.17) is 4.42 Å². The summed E-state index contributed by atoms with van der Waals surface area (Å²) in [7, 11) is 4.05. The Labute approximate surface area is 153 Å². The molecule has 1 aromatic carbocycles. The number of hydrogen-bond donors (Lipinski definition) is 0. The quantitative estimate of drug-likeness (QED) is 0.705. The molecule has 1 saturated heterocycles. The van der Waals surface area contributed by atoms with Crippen LogP contribution in [0.3, 0.4) is 0 Å². The number of rotatable bonds is 5. The van der Waals surface area contributed by atoms with E-state index in [-0.39, 0.29) is 0 Å².